The van der Waals surface area contributed by atoms with Gasteiger partial charge >= 0.3 is 6.18 Å². The molecule has 0 unspecified atom stereocenters. The SMILES string of the molecule is Fc1c(NCC2CCNCC2)ncnc1N(Cc1ccc(C(F)(F)F)cc1)C1CC1. The Kier molecular flexibility index (Phi) is 6.08. The predicted molar refractivity (Wildman–Crippen MR) is 107 cm³/mol. The summed E-state index contributed by atoms with van der Waals surface area (Å²) in [6.45, 7) is 2.88. The maximum Gasteiger partial charge on any atom is 0.416 e. The molecule has 1 aromatic carbocycles. The maximum absolute atomic E-state index is 15.2. The van der Waals surface area contributed by atoms with E-state index in [1.807, 2.05) is 4.90 Å². The number of hydrogen-bond acceptors (Lipinski definition) is 5. The zero-order valence-corrected chi connectivity index (χ0v) is 16.6. The quantitative estimate of drug-likeness (QED) is 0.654. The zero-order chi connectivity index (χ0) is 21.1. The van der Waals surface area contributed by atoms with Crippen molar-refractivity contribution in [2.75, 3.05) is 29.9 Å². The monoisotopic (exact) mass is 423 g/mol. The van der Waals surface area contributed by atoms with E-state index < -0.39 is 17.6 Å². The van der Waals surface area contributed by atoms with Crippen molar-refractivity contribution in [1.82, 2.24) is 15.3 Å². The molecule has 0 atom stereocenters. The number of rotatable bonds is 7. The van der Waals surface area contributed by atoms with Gasteiger partial charge in [0.1, 0.15) is 6.33 Å². The standard InChI is InChI=1S/C21H25F4N5/c22-18-19(27-11-14-7-9-26-10-8-14)28-13-29-20(18)30(17-5-6-17)12-15-1-3-16(4-2-15)21(23,24)25/h1-4,13-14,17,26H,5-12H2,(H,27,28,29). The van der Waals surface area contributed by atoms with Crippen LogP contribution in [0.5, 0.6) is 0 Å². The smallest absolute Gasteiger partial charge is 0.367 e. The molecule has 1 saturated carbocycles. The Morgan fingerprint density at radius 2 is 1.73 bits per heavy atom. The Bertz CT molecular complexity index is 845. The number of piperidine rings is 1. The van der Waals surface area contributed by atoms with E-state index in [4.69, 9.17) is 0 Å². The van der Waals surface area contributed by atoms with E-state index in [9.17, 15) is 13.2 Å². The first-order valence-electron chi connectivity index (χ1n) is 10.3. The molecule has 1 aliphatic heterocycles. The van der Waals surface area contributed by atoms with Crippen LogP contribution in [-0.4, -0.2) is 35.6 Å². The minimum atomic E-state index is -4.37. The van der Waals surface area contributed by atoms with Gasteiger partial charge in [-0.2, -0.15) is 17.6 Å². The number of halogens is 4. The van der Waals surface area contributed by atoms with Crippen LogP contribution in [0.15, 0.2) is 30.6 Å². The number of nitrogens with one attached hydrogen (secondary N) is 2. The summed E-state index contributed by atoms with van der Waals surface area (Å²) in [6, 6.07) is 5.13. The van der Waals surface area contributed by atoms with Crippen molar-refractivity contribution in [3.63, 3.8) is 0 Å². The van der Waals surface area contributed by atoms with Crippen LogP contribution in [0.2, 0.25) is 0 Å². The van der Waals surface area contributed by atoms with Gasteiger partial charge in [-0.3, -0.25) is 0 Å². The fourth-order valence-corrected chi connectivity index (χ4v) is 3.77. The zero-order valence-electron chi connectivity index (χ0n) is 16.6. The van der Waals surface area contributed by atoms with E-state index in [0.29, 0.717) is 24.6 Å². The Morgan fingerprint density at radius 3 is 2.37 bits per heavy atom. The summed E-state index contributed by atoms with van der Waals surface area (Å²) >= 11 is 0. The molecule has 2 fully saturated rings. The van der Waals surface area contributed by atoms with Crippen LogP contribution < -0.4 is 15.5 Å². The molecule has 5 nitrogen and oxygen atoms in total. The highest BCUT2D eigenvalue weighted by Gasteiger charge is 2.33. The minimum Gasteiger partial charge on any atom is -0.367 e. The van der Waals surface area contributed by atoms with Gasteiger partial charge in [0.25, 0.3) is 0 Å². The van der Waals surface area contributed by atoms with Crippen LogP contribution >= 0.6 is 0 Å². The first kappa shape index (κ1) is 20.8. The van der Waals surface area contributed by atoms with E-state index in [1.54, 1.807) is 0 Å². The second-order valence-electron chi connectivity index (χ2n) is 7.99. The molecule has 0 amide bonds. The first-order valence-corrected chi connectivity index (χ1v) is 10.3. The van der Waals surface area contributed by atoms with Crippen molar-refractivity contribution in [3.05, 3.63) is 47.5 Å². The molecular formula is C21H25F4N5. The normalized spacial score (nSPS) is 17.7. The van der Waals surface area contributed by atoms with Gasteiger partial charge in [0, 0.05) is 19.1 Å². The Hall–Kier alpha value is -2.42. The molecule has 162 valence electrons. The van der Waals surface area contributed by atoms with Crippen molar-refractivity contribution < 1.29 is 17.6 Å². The third kappa shape index (κ3) is 5.00. The van der Waals surface area contributed by atoms with Gasteiger partial charge < -0.3 is 15.5 Å². The lowest BCUT2D eigenvalue weighted by molar-refractivity contribution is -0.137. The van der Waals surface area contributed by atoms with Crippen LogP contribution in [0.3, 0.4) is 0 Å². The summed E-state index contributed by atoms with van der Waals surface area (Å²) in [7, 11) is 0. The lowest BCUT2D eigenvalue weighted by Gasteiger charge is -2.26. The fourth-order valence-electron chi connectivity index (χ4n) is 3.77. The van der Waals surface area contributed by atoms with Gasteiger partial charge in [-0.1, -0.05) is 12.1 Å². The number of anilines is 2. The highest BCUT2D eigenvalue weighted by molar-refractivity contribution is 5.52. The summed E-state index contributed by atoms with van der Waals surface area (Å²) in [5.41, 5.74) is -0.0148. The van der Waals surface area contributed by atoms with E-state index in [-0.39, 0.29) is 17.7 Å². The number of nitrogens with zero attached hydrogens (tertiary/aromatic N) is 3. The van der Waals surface area contributed by atoms with Crippen molar-refractivity contribution in [2.24, 2.45) is 5.92 Å². The number of alkyl halides is 3. The number of hydrogen-bond donors (Lipinski definition) is 2. The fraction of sp³-hybridized carbons (Fsp3) is 0.524. The molecule has 2 aliphatic rings. The van der Waals surface area contributed by atoms with Gasteiger partial charge in [0.15, 0.2) is 11.6 Å². The van der Waals surface area contributed by atoms with Crippen molar-refractivity contribution in [3.8, 4) is 0 Å². The van der Waals surface area contributed by atoms with E-state index in [2.05, 4.69) is 20.6 Å². The topological polar surface area (TPSA) is 53.1 Å². The third-order valence-electron chi connectivity index (χ3n) is 5.68. The number of aromatic nitrogens is 2. The van der Waals surface area contributed by atoms with Crippen LogP contribution in [0.25, 0.3) is 0 Å². The summed E-state index contributed by atoms with van der Waals surface area (Å²) < 4.78 is 53.6. The highest BCUT2D eigenvalue weighted by atomic mass is 19.4. The van der Waals surface area contributed by atoms with Crippen molar-refractivity contribution in [1.29, 1.82) is 0 Å². The molecule has 2 aromatic rings. The first-order chi connectivity index (χ1) is 14.4. The Balaban J connectivity index is 1.48. The van der Waals surface area contributed by atoms with Crippen LogP contribution in [0, 0.1) is 11.7 Å². The van der Waals surface area contributed by atoms with Gasteiger partial charge in [0.2, 0.25) is 5.82 Å². The van der Waals surface area contributed by atoms with Crippen molar-refractivity contribution in [2.45, 2.75) is 44.4 Å². The molecule has 1 aliphatic carbocycles. The molecule has 1 saturated heterocycles. The maximum atomic E-state index is 15.2. The second kappa shape index (κ2) is 8.75. The van der Waals surface area contributed by atoms with Gasteiger partial charge in [-0.25, -0.2) is 9.97 Å². The molecule has 30 heavy (non-hydrogen) atoms. The predicted octanol–water partition coefficient (Wildman–Crippen LogP) is 4.22. The summed E-state index contributed by atoms with van der Waals surface area (Å²) in [6.07, 6.45) is 0.848. The third-order valence-corrected chi connectivity index (χ3v) is 5.68. The average Bonchev–Trinajstić information content (AvgIpc) is 3.57. The molecule has 9 heteroatoms. The molecule has 4 rings (SSSR count). The molecule has 0 spiro atoms. The molecule has 0 radical (unpaired) electrons. The van der Waals surface area contributed by atoms with Gasteiger partial charge in [0.05, 0.1) is 5.56 Å². The number of benzene rings is 1. The lowest BCUT2D eigenvalue weighted by atomic mass is 9.98. The lowest BCUT2D eigenvalue weighted by Crippen LogP contribution is -2.31. The summed E-state index contributed by atoms with van der Waals surface area (Å²) in [5, 5.41) is 6.43. The van der Waals surface area contributed by atoms with Crippen LogP contribution in [-0.2, 0) is 12.7 Å². The Morgan fingerprint density at radius 1 is 1.03 bits per heavy atom. The van der Waals surface area contributed by atoms with Gasteiger partial charge in [-0.15, -0.1) is 0 Å². The van der Waals surface area contributed by atoms with Crippen molar-refractivity contribution >= 4 is 11.6 Å². The van der Waals surface area contributed by atoms with E-state index in [1.165, 1.54) is 18.5 Å². The molecule has 0 bridgehead atoms. The largest absolute Gasteiger partial charge is 0.416 e. The molecular weight excluding hydrogens is 398 g/mol. The molecule has 2 heterocycles. The molecule has 2 N–H and O–H groups in total. The highest BCUT2D eigenvalue weighted by Crippen LogP contribution is 2.35. The second-order valence-corrected chi connectivity index (χ2v) is 7.99. The summed E-state index contributed by atoms with van der Waals surface area (Å²) in [4.78, 5) is 10.1. The molecule has 1 aromatic heterocycles. The van der Waals surface area contributed by atoms with Gasteiger partial charge in [-0.05, 0) is 62.4 Å². The summed E-state index contributed by atoms with van der Waals surface area (Å²) in [5.74, 6) is 0.331. The van der Waals surface area contributed by atoms with Crippen LogP contribution in [0.4, 0.5) is 29.2 Å². The average molecular weight is 423 g/mol. The Labute approximate surface area is 172 Å². The van der Waals surface area contributed by atoms with Crippen LogP contribution in [0.1, 0.15) is 36.8 Å². The van der Waals surface area contributed by atoms with E-state index >= 15 is 4.39 Å². The minimum absolute atomic E-state index is 0.133. The van der Waals surface area contributed by atoms with E-state index in [0.717, 1.165) is 50.9 Å².